The number of H-pyrrole nitrogens is 1. The molecule has 1 aromatic carbocycles. The molecule has 0 spiro atoms. The van der Waals surface area contributed by atoms with Crippen molar-refractivity contribution in [1.82, 2.24) is 4.98 Å². The molecule has 0 bridgehead atoms. The summed E-state index contributed by atoms with van der Waals surface area (Å²) in [5, 5.41) is 0.701. The summed E-state index contributed by atoms with van der Waals surface area (Å²) in [4.78, 5) is 50.6. The van der Waals surface area contributed by atoms with Crippen LogP contribution in [0.2, 0.25) is 0 Å². The summed E-state index contributed by atoms with van der Waals surface area (Å²) in [7, 11) is 0. The Morgan fingerprint density at radius 2 is 1.62 bits per heavy atom. The number of aromatic nitrogens is 1. The summed E-state index contributed by atoms with van der Waals surface area (Å²) in [6.45, 7) is 3.66. The third-order valence-corrected chi connectivity index (χ3v) is 3.88. The van der Waals surface area contributed by atoms with Gasteiger partial charge in [-0.15, -0.1) is 0 Å². The zero-order valence-corrected chi connectivity index (χ0v) is 11.6. The molecule has 1 aliphatic carbocycles. The zero-order valence-electron chi connectivity index (χ0n) is 11.6. The highest BCUT2D eigenvalue weighted by Gasteiger charge is 2.44. The van der Waals surface area contributed by atoms with Crippen molar-refractivity contribution in [3.8, 4) is 0 Å². The van der Waals surface area contributed by atoms with Gasteiger partial charge < -0.3 is 4.98 Å². The molecule has 21 heavy (non-hydrogen) atoms. The first-order valence-electron chi connectivity index (χ1n) is 6.63. The van der Waals surface area contributed by atoms with E-state index in [2.05, 4.69) is 4.98 Å². The number of hydrogen-bond donors (Lipinski definition) is 1. The molecule has 0 radical (unpaired) electrons. The smallest absolute Gasteiger partial charge is 0.214 e. The molecule has 0 saturated heterocycles. The lowest BCUT2D eigenvalue weighted by Crippen LogP contribution is -2.40. The van der Waals surface area contributed by atoms with Crippen LogP contribution in [0.15, 0.2) is 18.2 Å². The van der Waals surface area contributed by atoms with Crippen molar-refractivity contribution in [2.75, 3.05) is 0 Å². The van der Waals surface area contributed by atoms with Crippen LogP contribution in [-0.2, 0) is 19.2 Å². The molecule has 1 aliphatic rings. The van der Waals surface area contributed by atoms with Crippen molar-refractivity contribution in [2.45, 2.75) is 26.2 Å². The molecule has 0 aliphatic heterocycles. The van der Waals surface area contributed by atoms with Crippen molar-refractivity contribution < 1.29 is 19.2 Å². The number of hydrogen-bond acceptors (Lipinski definition) is 4. The number of Topliss-reactive ketones (excluding diaryl/α,β-unsaturated/α-hetero) is 4. The van der Waals surface area contributed by atoms with Crippen molar-refractivity contribution in [3.05, 3.63) is 35.0 Å². The van der Waals surface area contributed by atoms with Gasteiger partial charge in [0.05, 0.1) is 6.42 Å². The number of benzene rings is 1. The average molecular weight is 283 g/mol. The van der Waals surface area contributed by atoms with Gasteiger partial charge in [-0.2, -0.15) is 0 Å². The molecule has 3 rings (SSSR count). The van der Waals surface area contributed by atoms with E-state index in [1.165, 1.54) is 0 Å². The van der Waals surface area contributed by atoms with Crippen LogP contribution in [0.25, 0.3) is 10.9 Å². The van der Waals surface area contributed by atoms with E-state index in [1.54, 1.807) is 13.0 Å². The van der Waals surface area contributed by atoms with Gasteiger partial charge >= 0.3 is 0 Å². The fourth-order valence-corrected chi connectivity index (χ4v) is 2.86. The van der Waals surface area contributed by atoms with E-state index >= 15 is 0 Å². The Morgan fingerprint density at radius 3 is 2.24 bits per heavy atom. The van der Waals surface area contributed by atoms with Crippen LogP contribution in [0.3, 0.4) is 0 Å². The molecular formula is C16H13NO4. The molecule has 106 valence electrons. The van der Waals surface area contributed by atoms with E-state index in [0.717, 1.165) is 11.1 Å². The van der Waals surface area contributed by atoms with Crippen molar-refractivity contribution >= 4 is 34.0 Å². The van der Waals surface area contributed by atoms with Gasteiger partial charge in [0.2, 0.25) is 23.1 Å². The Hall–Kier alpha value is -2.56. The summed E-state index contributed by atoms with van der Waals surface area (Å²) in [6.07, 6.45) is -0.603. The van der Waals surface area contributed by atoms with Gasteiger partial charge in [-0.05, 0) is 31.0 Å². The fourth-order valence-electron chi connectivity index (χ4n) is 2.86. The molecule has 0 amide bonds. The largest absolute Gasteiger partial charge is 0.358 e. The van der Waals surface area contributed by atoms with Gasteiger partial charge in [-0.25, -0.2) is 0 Å². The third-order valence-electron chi connectivity index (χ3n) is 3.88. The Morgan fingerprint density at radius 1 is 1.00 bits per heavy atom. The van der Waals surface area contributed by atoms with Crippen LogP contribution in [0.5, 0.6) is 0 Å². The second kappa shape index (κ2) is 4.48. The molecule has 1 fully saturated rings. The first kappa shape index (κ1) is 13.4. The number of rotatable bonds is 1. The van der Waals surface area contributed by atoms with Crippen molar-refractivity contribution in [3.63, 3.8) is 0 Å². The molecule has 0 unspecified atom stereocenters. The Balaban J connectivity index is 2.25. The maximum atomic E-state index is 12.1. The van der Waals surface area contributed by atoms with E-state index in [-0.39, 0.29) is 0 Å². The predicted octanol–water partition coefficient (Wildman–Crippen LogP) is 1.55. The molecule has 1 N–H and O–H groups in total. The van der Waals surface area contributed by atoms with Crippen molar-refractivity contribution in [2.24, 2.45) is 0 Å². The number of nitrogens with one attached hydrogen (secondary N) is 1. The summed E-state index contributed by atoms with van der Waals surface area (Å²) in [5.41, 5.74) is 2.89. The number of fused-ring (bicyclic) bond motifs is 1. The molecule has 2 aromatic rings. The SMILES string of the molecule is Cc1ccc2c(C3C(=O)C(=O)CC(=O)C3=O)c(C)[nH]c2c1. The maximum absolute atomic E-state index is 12.1. The Kier molecular flexibility index (Phi) is 2.86. The standard InChI is InChI=1S/C16H13NO4/c1-7-3-4-9-10(5-7)17-8(2)13(9)14-15(20)11(18)6-12(19)16(14)21/h3-5,14,17H,6H2,1-2H3. The van der Waals surface area contributed by atoms with E-state index in [4.69, 9.17) is 0 Å². The van der Waals surface area contributed by atoms with Gasteiger partial charge in [0.1, 0.15) is 5.92 Å². The fraction of sp³-hybridized carbons (Fsp3) is 0.250. The molecule has 1 heterocycles. The molecular weight excluding hydrogens is 270 g/mol. The monoisotopic (exact) mass is 283 g/mol. The van der Waals surface area contributed by atoms with E-state index < -0.39 is 35.5 Å². The van der Waals surface area contributed by atoms with E-state index in [0.29, 0.717) is 16.6 Å². The number of aryl methyl sites for hydroxylation is 2. The highest BCUT2D eigenvalue weighted by molar-refractivity contribution is 6.61. The highest BCUT2D eigenvalue weighted by atomic mass is 16.2. The lowest BCUT2D eigenvalue weighted by Gasteiger charge is -2.18. The summed E-state index contributed by atoms with van der Waals surface area (Å²) >= 11 is 0. The van der Waals surface area contributed by atoms with Gasteiger partial charge in [-0.1, -0.05) is 12.1 Å². The predicted molar refractivity (Wildman–Crippen MR) is 75.2 cm³/mol. The molecule has 1 aromatic heterocycles. The topological polar surface area (TPSA) is 84.1 Å². The second-order valence-corrected chi connectivity index (χ2v) is 5.40. The minimum Gasteiger partial charge on any atom is -0.358 e. The van der Waals surface area contributed by atoms with Crippen LogP contribution in [0.4, 0.5) is 0 Å². The first-order chi connectivity index (χ1) is 9.90. The van der Waals surface area contributed by atoms with Crippen LogP contribution in [-0.4, -0.2) is 28.1 Å². The lowest BCUT2D eigenvalue weighted by atomic mass is 9.79. The van der Waals surface area contributed by atoms with Crippen molar-refractivity contribution in [1.29, 1.82) is 0 Å². The third kappa shape index (κ3) is 1.93. The van der Waals surface area contributed by atoms with Crippen LogP contribution >= 0.6 is 0 Å². The summed E-state index contributed by atoms with van der Waals surface area (Å²) < 4.78 is 0. The molecule has 5 nitrogen and oxygen atoms in total. The van der Waals surface area contributed by atoms with E-state index in [1.807, 2.05) is 19.1 Å². The lowest BCUT2D eigenvalue weighted by molar-refractivity contribution is -0.149. The molecule has 1 saturated carbocycles. The van der Waals surface area contributed by atoms with Crippen LogP contribution in [0.1, 0.15) is 29.2 Å². The second-order valence-electron chi connectivity index (χ2n) is 5.40. The summed E-state index contributed by atoms with van der Waals surface area (Å²) in [5.74, 6) is -4.44. The number of ketones is 4. The summed E-state index contributed by atoms with van der Waals surface area (Å²) in [6, 6.07) is 5.56. The van der Waals surface area contributed by atoms with Crippen LogP contribution in [0, 0.1) is 13.8 Å². The van der Waals surface area contributed by atoms with Crippen LogP contribution < -0.4 is 0 Å². The van der Waals surface area contributed by atoms with Gasteiger partial charge in [-0.3, -0.25) is 19.2 Å². The number of carbonyl (C=O) groups is 4. The average Bonchev–Trinajstić information content (AvgIpc) is 2.73. The Labute approximate surface area is 120 Å². The van der Waals surface area contributed by atoms with Gasteiger partial charge in [0, 0.05) is 16.6 Å². The first-order valence-corrected chi connectivity index (χ1v) is 6.63. The highest BCUT2D eigenvalue weighted by Crippen LogP contribution is 2.33. The molecule has 5 heteroatoms. The number of carbonyl (C=O) groups excluding carboxylic acids is 4. The Bertz CT molecular complexity index is 802. The zero-order chi connectivity index (χ0) is 15.3. The normalized spacial score (nSPS) is 17.0. The molecule has 0 atom stereocenters. The maximum Gasteiger partial charge on any atom is 0.214 e. The minimum atomic E-state index is -1.30. The van der Waals surface area contributed by atoms with E-state index in [9.17, 15) is 19.2 Å². The minimum absolute atomic E-state index is 0.446. The van der Waals surface area contributed by atoms with Gasteiger partial charge in [0.15, 0.2) is 0 Å². The quantitative estimate of drug-likeness (QED) is 0.635. The van der Waals surface area contributed by atoms with Gasteiger partial charge in [0.25, 0.3) is 0 Å². The number of aromatic amines is 1.